The summed E-state index contributed by atoms with van der Waals surface area (Å²) in [5.74, 6) is -0.334. The molecule has 0 spiro atoms. The van der Waals surface area contributed by atoms with E-state index < -0.39 is 11.5 Å². The Labute approximate surface area is 215 Å². The number of ether oxygens (including phenoxy) is 1. The molecule has 192 valence electrons. The second-order valence-corrected chi connectivity index (χ2v) is 10.8. The number of hydrogen-bond acceptors (Lipinski definition) is 5. The molecule has 2 heterocycles. The minimum Gasteiger partial charge on any atom is -0.379 e. The highest BCUT2D eigenvalue weighted by Gasteiger charge is 2.22. The van der Waals surface area contributed by atoms with Crippen molar-refractivity contribution in [2.24, 2.45) is 5.41 Å². The highest BCUT2D eigenvalue weighted by molar-refractivity contribution is 6.30. The molecule has 9 heteroatoms. The van der Waals surface area contributed by atoms with E-state index >= 15 is 0 Å². The van der Waals surface area contributed by atoms with Gasteiger partial charge in [0.25, 0.3) is 0 Å². The standard InChI is InChI=1S/C27H32ClFN4O3/c1-27(2,3)18-22(34)17-25-30-33(26(35)32(25)21-8-9-24(29)23(28)16-21)20-6-4-19(5-7-20)10-11-31-12-14-36-15-13-31/h4-9,16H,10-15,17-18H2,1-3H3. The first-order chi connectivity index (χ1) is 17.1. The normalized spacial score (nSPS) is 14.8. The molecule has 1 fully saturated rings. The summed E-state index contributed by atoms with van der Waals surface area (Å²) in [6.07, 6.45) is 1.21. The number of aromatic nitrogens is 3. The third-order valence-electron chi connectivity index (χ3n) is 6.09. The Morgan fingerprint density at radius 3 is 2.39 bits per heavy atom. The molecule has 4 rings (SSSR count). The van der Waals surface area contributed by atoms with E-state index in [1.807, 2.05) is 45.0 Å². The summed E-state index contributed by atoms with van der Waals surface area (Å²) in [5, 5.41) is 4.41. The van der Waals surface area contributed by atoms with Crippen molar-refractivity contribution < 1.29 is 13.9 Å². The number of nitrogens with zero attached hydrogens (tertiary/aromatic N) is 4. The van der Waals surface area contributed by atoms with Crippen molar-refractivity contribution in [2.45, 2.75) is 40.0 Å². The van der Waals surface area contributed by atoms with Gasteiger partial charge < -0.3 is 4.74 Å². The molecule has 1 aliphatic rings. The van der Waals surface area contributed by atoms with Crippen molar-refractivity contribution in [3.05, 3.63) is 75.2 Å². The number of hydrogen-bond donors (Lipinski definition) is 0. The Bertz CT molecular complexity index is 1270. The fraction of sp³-hybridized carbons (Fsp3) is 0.444. The van der Waals surface area contributed by atoms with Crippen LogP contribution in [0.1, 0.15) is 38.6 Å². The zero-order chi connectivity index (χ0) is 25.9. The summed E-state index contributed by atoms with van der Waals surface area (Å²) in [4.78, 5) is 28.6. The minimum atomic E-state index is -0.584. The van der Waals surface area contributed by atoms with Crippen molar-refractivity contribution in [1.29, 1.82) is 0 Å². The monoisotopic (exact) mass is 514 g/mol. The van der Waals surface area contributed by atoms with Crippen LogP contribution in [0.25, 0.3) is 11.4 Å². The van der Waals surface area contributed by atoms with E-state index in [-0.39, 0.29) is 28.5 Å². The molecule has 0 amide bonds. The SMILES string of the molecule is CC(C)(C)CC(=O)Cc1nn(-c2ccc(CCN3CCOCC3)cc2)c(=O)n1-c1ccc(F)c(Cl)c1. The summed E-state index contributed by atoms with van der Waals surface area (Å²) in [6, 6.07) is 11.7. The predicted molar refractivity (Wildman–Crippen MR) is 138 cm³/mol. The molecular weight excluding hydrogens is 483 g/mol. The van der Waals surface area contributed by atoms with Gasteiger partial charge in [0.05, 0.1) is 36.0 Å². The number of carbonyl (C=O) groups excluding carboxylic acids is 1. The van der Waals surface area contributed by atoms with Crippen LogP contribution >= 0.6 is 11.6 Å². The van der Waals surface area contributed by atoms with Gasteiger partial charge in [0.2, 0.25) is 0 Å². The average Bonchev–Trinajstić information content (AvgIpc) is 3.14. The molecule has 3 aromatic rings. The first kappa shape index (κ1) is 26.3. The van der Waals surface area contributed by atoms with Crippen LogP contribution < -0.4 is 5.69 Å². The second kappa shape index (κ2) is 11.1. The molecule has 0 N–H and O–H groups in total. The maximum Gasteiger partial charge on any atom is 0.355 e. The van der Waals surface area contributed by atoms with Crippen LogP contribution in [0.15, 0.2) is 47.3 Å². The van der Waals surface area contributed by atoms with Crippen LogP contribution in [-0.4, -0.2) is 57.9 Å². The van der Waals surface area contributed by atoms with E-state index in [1.165, 1.54) is 27.4 Å². The van der Waals surface area contributed by atoms with E-state index in [2.05, 4.69) is 10.00 Å². The van der Waals surface area contributed by atoms with Gasteiger partial charge in [0, 0.05) is 26.1 Å². The Morgan fingerprint density at radius 2 is 1.75 bits per heavy atom. The van der Waals surface area contributed by atoms with E-state index in [1.54, 1.807) is 0 Å². The van der Waals surface area contributed by atoms with Gasteiger partial charge in [-0.2, -0.15) is 4.68 Å². The number of benzene rings is 2. The fourth-order valence-electron chi connectivity index (χ4n) is 4.32. The van der Waals surface area contributed by atoms with Gasteiger partial charge >= 0.3 is 5.69 Å². The van der Waals surface area contributed by atoms with Crippen LogP contribution in [0.2, 0.25) is 5.02 Å². The lowest BCUT2D eigenvalue weighted by Crippen LogP contribution is -2.37. The van der Waals surface area contributed by atoms with E-state index in [4.69, 9.17) is 16.3 Å². The Hall–Kier alpha value is -2.81. The summed E-state index contributed by atoms with van der Waals surface area (Å²) in [5.41, 5.74) is 1.46. The Morgan fingerprint density at radius 1 is 1.08 bits per heavy atom. The van der Waals surface area contributed by atoms with Gasteiger partial charge in [-0.05, 0) is 47.7 Å². The van der Waals surface area contributed by atoms with E-state index in [0.717, 1.165) is 44.8 Å². The third-order valence-corrected chi connectivity index (χ3v) is 6.38. The smallest absolute Gasteiger partial charge is 0.355 e. The topological polar surface area (TPSA) is 69.4 Å². The first-order valence-corrected chi connectivity index (χ1v) is 12.6. The molecule has 1 aromatic heterocycles. The van der Waals surface area contributed by atoms with Crippen molar-refractivity contribution in [3.63, 3.8) is 0 Å². The van der Waals surface area contributed by atoms with Gasteiger partial charge in [0.15, 0.2) is 0 Å². The molecule has 0 radical (unpaired) electrons. The molecule has 1 saturated heterocycles. The van der Waals surface area contributed by atoms with Crippen LogP contribution in [0.4, 0.5) is 4.39 Å². The molecule has 1 aliphatic heterocycles. The van der Waals surface area contributed by atoms with Crippen LogP contribution in [0, 0.1) is 11.2 Å². The number of Topliss-reactive ketones (excluding diaryl/α,β-unsaturated/α-hetero) is 1. The van der Waals surface area contributed by atoms with Gasteiger partial charge in [-0.3, -0.25) is 9.69 Å². The summed E-state index contributed by atoms with van der Waals surface area (Å²) in [6.45, 7) is 10.3. The van der Waals surface area contributed by atoms with Crippen molar-refractivity contribution >= 4 is 17.4 Å². The lowest BCUT2D eigenvalue weighted by Gasteiger charge is -2.26. The van der Waals surface area contributed by atoms with Crippen LogP contribution in [-0.2, 0) is 22.4 Å². The summed E-state index contributed by atoms with van der Waals surface area (Å²) in [7, 11) is 0. The highest BCUT2D eigenvalue weighted by atomic mass is 35.5. The number of carbonyl (C=O) groups is 1. The van der Waals surface area contributed by atoms with Crippen molar-refractivity contribution in [2.75, 3.05) is 32.8 Å². The quantitative estimate of drug-likeness (QED) is 0.450. The Balaban J connectivity index is 1.62. The number of rotatable bonds is 8. The maximum absolute atomic E-state index is 13.8. The molecule has 7 nitrogen and oxygen atoms in total. The van der Waals surface area contributed by atoms with Crippen LogP contribution in [0.5, 0.6) is 0 Å². The van der Waals surface area contributed by atoms with Gasteiger partial charge in [-0.15, -0.1) is 5.10 Å². The predicted octanol–water partition coefficient (Wildman–Crippen LogP) is 4.24. The average molecular weight is 515 g/mol. The van der Waals surface area contributed by atoms with E-state index in [0.29, 0.717) is 17.8 Å². The van der Waals surface area contributed by atoms with Crippen molar-refractivity contribution in [1.82, 2.24) is 19.2 Å². The number of halogens is 2. The molecule has 0 bridgehead atoms. The molecular formula is C27H32ClFN4O3. The first-order valence-electron chi connectivity index (χ1n) is 12.2. The highest BCUT2D eigenvalue weighted by Crippen LogP contribution is 2.22. The molecule has 0 saturated carbocycles. The van der Waals surface area contributed by atoms with Crippen molar-refractivity contribution in [3.8, 4) is 11.4 Å². The largest absolute Gasteiger partial charge is 0.379 e. The van der Waals surface area contributed by atoms with Crippen LogP contribution in [0.3, 0.4) is 0 Å². The Kier molecular flexibility index (Phi) is 8.07. The fourth-order valence-corrected chi connectivity index (χ4v) is 4.50. The third kappa shape index (κ3) is 6.49. The molecule has 0 unspecified atom stereocenters. The summed E-state index contributed by atoms with van der Waals surface area (Å²) < 4.78 is 21.8. The zero-order valence-corrected chi connectivity index (χ0v) is 21.7. The van der Waals surface area contributed by atoms with Gasteiger partial charge in [0.1, 0.15) is 17.4 Å². The second-order valence-electron chi connectivity index (χ2n) is 10.4. The lowest BCUT2D eigenvalue weighted by molar-refractivity contribution is -0.120. The summed E-state index contributed by atoms with van der Waals surface area (Å²) >= 11 is 5.99. The molecule has 2 aromatic carbocycles. The van der Waals surface area contributed by atoms with Gasteiger partial charge in [-0.1, -0.05) is 44.5 Å². The van der Waals surface area contributed by atoms with E-state index in [9.17, 15) is 14.0 Å². The van der Waals surface area contributed by atoms with Gasteiger partial charge in [-0.25, -0.2) is 13.8 Å². The maximum atomic E-state index is 13.8. The zero-order valence-electron chi connectivity index (χ0n) is 21.0. The molecule has 0 aliphatic carbocycles. The lowest BCUT2D eigenvalue weighted by atomic mass is 9.89. The molecule has 36 heavy (non-hydrogen) atoms. The molecule has 0 atom stereocenters. The number of ketones is 1. The minimum absolute atomic E-state index is 0.0217. The number of morpholine rings is 1.